The van der Waals surface area contributed by atoms with Gasteiger partial charge in [-0.1, -0.05) is 12.1 Å². The lowest BCUT2D eigenvalue weighted by atomic mass is 10.2. The smallest absolute Gasteiger partial charge is 0.191 e. The third-order valence-corrected chi connectivity index (χ3v) is 3.80. The van der Waals surface area contributed by atoms with Crippen LogP contribution in [-0.2, 0) is 13.1 Å². The predicted octanol–water partition coefficient (Wildman–Crippen LogP) is 3.05. The zero-order valence-corrected chi connectivity index (χ0v) is 17.2. The number of aromatic nitrogens is 3. The Labute approximate surface area is 171 Å². The standard InChI is InChI=1S/C19H24N6.HI/c1-2-20-19(21-11-15-24-12-3-4-13-24)22-16-17-6-8-18(9-7-17)25-14-5-10-23-25;/h3-10,12-14H,2,11,15-16H2,1H3,(H2,20,21,22);1H. The van der Waals surface area contributed by atoms with E-state index in [1.165, 1.54) is 5.56 Å². The van der Waals surface area contributed by atoms with Crippen molar-refractivity contribution in [3.05, 3.63) is 72.8 Å². The third kappa shape index (κ3) is 5.91. The molecule has 0 aliphatic carbocycles. The zero-order valence-electron chi connectivity index (χ0n) is 14.9. The van der Waals surface area contributed by atoms with Crippen LogP contribution in [0.3, 0.4) is 0 Å². The van der Waals surface area contributed by atoms with Gasteiger partial charge in [0.25, 0.3) is 0 Å². The summed E-state index contributed by atoms with van der Waals surface area (Å²) < 4.78 is 3.99. The molecule has 2 heterocycles. The number of hydrogen-bond donors (Lipinski definition) is 2. The summed E-state index contributed by atoms with van der Waals surface area (Å²) in [4.78, 5) is 4.66. The Morgan fingerprint density at radius 1 is 1.04 bits per heavy atom. The van der Waals surface area contributed by atoms with E-state index in [0.29, 0.717) is 6.54 Å². The number of aliphatic imine (C=N–C) groups is 1. The Balaban J connectivity index is 0.00000243. The molecule has 0 unspecified atom stereocenters. The molecule has 0 spiro atoms. The Bertz CT molecular complexity index is 763. The van der Waals surface area contributed by atoms with E-state index in [4.69, 9.17) is 0 Å². The van der Waals surface area contributed by atoms with Crippen molar-refractivity contribution < 1.29 is 0 Å². The van der Waals surface area contributed by atoms with Crippen molar-refractivity contribution in [1.29, 1.82) is 0 Å². The van der Waals surface area contributed by atoms with Crippen molar-refractivity contribution in [2.45, 2.75) is 20.0 Å². The van der Waals surface area contributed by atoms with E-state index >= 15 is 0 Å². The summed E-state index contributed by atoms with van der Waals surface area (Å²) in [6.45, 7) is 5.29. The molecule has 3 aromatic rings. The molecule has 0 saturated heterocycles. The van der Waals surface area contributed by atoms with E-state index < -0.39 is 0 Å². The molecule has 0 atom stereocenters. The fourth-order valence-corrected chi connectivity index (χ4v) is 2.51. The molecule has 2 N–H and O–H groups in total. The maximum absolute atomic E-state index is 4.66. The summed E-state index contributed by atoms with van der Waals surface area (Å²) in [5, 5.41) is 10.9. The second-order valence-electron chi connectivity index (χ2n) is 5.66. The molecule has 1 aromatic carbocycles. The second-order valence-corrected chi connectivity index (χ2v) is 5.66. The topological polar surface area (TPSA) is 59.2 Å². The summed E-state index contributed by atoms with van der Waals surface area (Å²) >= 11 is 0. The summed E-state index contributed by atoms with van der Waals surface area (Å²) in [5.41, 5.74) is 2.22. The minimum absolute atomic E-state index is 0. The first-order chi connectivity index (χ1) is 12.3. The molecule has 6 nitrogen and oxygen atoms in total. The van der Waals surface area contributed by atoms with Crippen molar-refractivity contribution in [3.8, 4) is 5.69 Å². The molecule has 0 fully saturated rings. The summed E-state index contributed by atoms with van der Waals surface area (Å²) in [5.74, 6) is 0.839. The number of benzene rings is 1. The van der Waals surface area contributed by atoms with E-state index in [-0.39, 0.29) is 24.0 Å². The highest BCUT2D eigenvalue weighted by atomic mass is 127. The average Bonchev–Trinajstić information content (AvgIpc) is 3.34. The van der Waals surface area contributed by atoms with Gasteiger partial charge in [-0.15, -0.1) is 24.0 Å². The maximum Gasteiger partial charge on any atom is 0.191 e. The van der Waals surface area contributed by atoms with Crippen LogP contribution in [0.1, 0.15) is 12.5 Å². The van der Waals surface area contributed by atoms with Gasteiger partial charge in [0.2, 0.25) is 0 Å². The predicted molar refractivity (Wildman–Crippen MR) is 116 cm³/mol. The number of nitrogens with one attached hydrogen (secondary N) is 2. The van der Waals surface area contributed by atoms with Gasteiger partial charge in [-0.25, -0.2) is 9.67 Å². The lowest BCUT2D eigenvalue weighted by Gasteiger charge is -2.12. The van der Waals surface area contributed by atoms with Gasteiger partial charge in [0.05, 0.1) is 12.2 Å². The Morgan fingerprint density at radius 3 is 2.46 bits per heavy atom. The molecule has 0 aliphatic heterocycles. The van der Waals surface area contributed by atoms with Gasteiger partial charge in [0, 0.05) is 44.4 Å². The molecule has 0 amide bonds. The fraction of sp³-hybridized carbons (Fsp3) is 0.263. The third-order valence-electron chi connectivity index (χ3n) is 3.80. The first-order valence-corrected chi connectivity index (χ1v) is 8.57. The van der Waals surface area contributed by atoms with E-state index in [0.717, 1.165) is 31.3 Å². The van der Waals surface area contributed by atoms with Crippen LogP contribution in [0.2, 0.25) is 0 Å². The molecule has 0 radical (unpaired) electrons. The highest BCUT2D eigenvalue weighted by Crippen LogP contribution is 2.09. The van der Waals surface area contributed by atoms with Gasteiger partial charge in [0.1, 0.15) is 0 Å². The second kappa shape index (κ2) is 10.6. The minimum Gasteiger partial charge on any atom is -0.357 e. The molecule has 2 aromatic heterocycles. The average molecular weight is 464 g/mol. The van der Waals surface area contributed by atoms with Crippen molar-refractivity contribution in [2.24, 2.45) is 4.99 Å². The van der Waals surface area contributed by atoms with E-state index in [2.05, 4.69) is 68.9 Å². The molecule has 0 bridgehead atoms. The SMILES string of the molecule is CCNC(=NCc1ccc(-n2cccn2)cc1)NCCn1cccc1.I. The lowest BCUT2D eigenvalue weighted by Crippen LogP contribution is -2.38. The van der Waals surface area contributed by atoms with Crippen molar-refractivity contribution in [2.75, 3.05) is 13.1 Å². The van der Waals surface area contributed by atoms with E-state index in [1.807, 2.05) is 29.1 Å². The lowest BCUT2D eigenvalue weighted by molar-refractivity contribution is 0.666. The zero-order chi connectivity index (χ0) is 17.3. The van der Waals surface area contributed by atoms with Crippen LogP contribution < -0.4 is 10.6 Å². The molecular formula is C19H25IN6. The molecule has 7 heteroatoms. The normalized spacial score (nSPS) is 11.0. The molecule has 138 valence electrons. The van der Waals surface area contributed by atoms with Crippen LogP contribution >= 0.6 is 24.0 Å². The number of nitrogens with zero attached hydrogens (tertiary/aromatic N) is 4. The molecular weight excluding hydrogens is 439 g/mol. The first kappa shape index (κ1) is 20.0. The van der Waals surface area contributed by atoms with Gasteiger partial charge >= 0.3 is 0 Å². The van der Waals surface area contributed by atoms with Crippen molar-refractivity contribution in [3.63, 3.8) is 0 Å². The molecule has 3 rings (SSSR count). The maximum atomic E-state index is 4.66. The highest BCUT2D eigenvalue weighted by Gasteiger charge is 1.99. The quantitative estimate of drug-likeness (QED) is 0.321. The Kier molecular flexibility index (Phi) is 8.20. The Morgan fingerprint density at radius 2 is 1.81 bits per heavy atom. The highest BCUT2D eigenvalue weighted by molar-refractivity contribution is 14.0. The van der Waals surface area contributed by atoms with Crippen LogP contribution in [0, 0.1) is 0 Å². The van der Waals surface area contributed by atoms with Crippen LogP contribution in [0.4, 0.5) is 0 Å². The number of hydrogen-bond acceptors (Lipinski definition) is 2. The van der Waals surface area contributed by atoms with Gasteiger partial charge in [0.15, 0.2) is 5.96 Å². The fourth-order valence-electron chi connectivity index (χ4n) is 2.51. The summed E-state index contributed by atoms with van der Waals surface area (Å²) in [6, 6.07) is 14.3. The minimum atomic E-state index is 0. The van der Waals surface area contributed by atoms with E-state index in [9.17, 15) is 0 Å². The number of halogens is 1. The van der Waals surface area contributed by atoms with Crippen LogP contribution in [0.25, 0.3) is 5.69 Å². The van der Waals surface area contributed by atoms with Gasteiger partial charge in [-0.05, 0) is 42.8 Å². The Hall–Kier alpha value is -2.29. The van der Waals surface area contributed by atoms with Crippen molar-refractivity contribution >= 4 is 29.9 Å². The van der Waals surface area contributed by atoms with E-state index in [1.54, 1.807) is 6.20 Å². The van der Waals surface area contributed by atoms with Crippen LogP contribution in [-0.4, -0.2) is 33.4 Å². The molecule has 0 saturated carbocycles. The van der Waals surface area contributed by atoms with Gasteiger partial charge in [-0.3, -0.25) is 0 Å². The number of guanidine groups is 1. The largest absolute Gasteiger partial charge is 0.357 e. The van der Waals surface area contributed by atoms with Crippen LogP contribution in [0.5, 0.6) is 0 Å². The van der Waals surface area contributed by atoms with Crippen LogP contribution in [0.15, 0.2) is 72.2 Å². The molecule has 0 aliphatic rings. The molecule has 26 heavy (non-hydrogen) atoms. The summed E-state index contributed by atoms with van der Waals surface area (Å²) in [6.07, 6.45) is 7.84. The first-order valence-electron chi connectivity index (χ1n) is 8.57. The monoisotopic (exact) mass is 464 g/mol. The van der Waals surface area contributed by atoms with Crippen molar-refractivity contribution in [1.82, 2.24) is 25.0 Å². The summed E-state index contributed by atoms with van der Waals surface area (Å²) in [7, 11) is 0. The van der Waals surface area contributed by atoms with Gasteiger partial charge in [-0.2, -0.15) is 5.10 Å². The van der Waals surface area contributed by atoms with Gasteiger partial charge < -0.3 is 15.2 Å². The number of rotatable bonds is 7.